The fourth-order valence-corrected chi connectivity index (χ4v) is 2.30. The van der Waals surface area contributed by atoms with Gasteiger partial charge in [-0.2, -0.15) is 0 Å². The third kappa shape index (κ3) is 4.16. The Labute approximate surface area is 147 Å². The number of ether oxygens (including phenoxy) is 1. The molecule has 0 saturated heterocycles. The first kappa shape index (κ1) is 16.1. The largest absolute Gasteiger partial charge is 0.494 e. The van der Waals surface area contributed by atoms with E-state index in [1.807, 2.05) is 66.9 Å². The maximum absolute atomic E-state index is 5.91. The van der Waals surface area contributed by atoms with Crippen molar-refractivity contribution >= 4 is 11.6 Å². The summed E-state index contributed by atoms with van der Waals surface area (Å²) in [5.74, 6) is 6.95. The number of pyridine rings is 1. The van der Waals surface area contributed by atoms with Gasteiger partial charge in [0.1, 0.15) is 11.4 Å². The predicted molar refractivity (Wildman–Crippen MR) is 98.0 cm³/mol. The number of hydrogen-bond acceptors (Lipinski definition) is 2. The number of rotatable bonds is 3. The third-order valence-corrected chi connectivity index (χ3v) is 3.65. The monoisotopic (exact) mass is 332 g/mol. The molecule has 0 amide bonds. The Morgan fingerprint density at radius 3 is 2.21 bits per heavy atom. The van der Waals surface area contributed by atoms with Gasteiger partial charge >= 0.3 is 0 Å². The van der Waals surface area contributed by atoms with Crippen LogP contribution in [0.1, 0.15) is 11.3 Å². The molecule has 0 saturated carbocycles. The molecule has 24 heavy (non-hydrogen) atoms. The summed E-state index contributed by atoms with van der Waals surface area (Å²) in [6.07, 6.45) is 1.82. The van der Waals surface area contributed by atoms with Gasteiger partial charge in [0.05, 0.1) is 6.61 Å². The van der Waals surface area contributed by atoms with Crippen molar-refractivity contribution in [2.45, 2.75) is 0 Å². The molecule has 0 bridgehead atoms. The van der Waals surface area contributed by atoms with Crippen LogP contribution >= 0.6 is 11.6 Å². The number of nitrogens with zero attached hydrogens (tertiary/aromatic N) is 1. The fraction of sp³-hybridized carbons (Fsp3) is 0.0476. The average Bonchev–Trinajstić information content (AvgIpc) is 2.63. The highest BCUT2D eigenvalue weighted by atomic mass is 35.5. The summed E-state index contributed by atoms with van der Waals surface area (Å²) in [6, 6.07) is 19.2. The van der Waals surface area contributed by atoms with E-state index < -0.39 is 0 Å². The fourth-order valence-electron chi connectivity index (χ4n) is 2.17. The lowest BCUT2D eigenvalue weighted by molar-refractivity contribution is 0.361. The summed E-state index contributed by atoms with van der Waals surface area (Å²) in [5.41, 5.74) is 3.75. The normalized spacial score (nSPS) is 9.92. The Balaban J connectivity index is 1.73. The highest BCUT2D eigenvalue weighted by molar-refractivity contribution is 6.30. The molecular formula is C21H15ClNO. The minimum atomic E-state index is 0.412. The maximum atomic E-state index is 5.91. The van der Waals surface area contributed by atoms with Crippen LogP contribution in [0.4, 0.5) is 0 Å². The first-order valence-corrected chi connectivity index (χ1v) is 7.88. The van der Waals surface area contributed by atoms with E-state index in [1.54, 1.807) is 0 Å². The van der Waals surface area contributed by atoms with Crippen molar-refractivity contribution in [3.63, 3.8) is 0 Å². The molecule has 1 radical (unpaired) electrons. The van der Waals surface area contributed by atoms with Crippen molar-refractivity contribution in [1.29, 1.82) is 0 Å². The second-order valence-corrected chi connectivity index (χ2v) is 5.50. The number of benzene rings is 2. The lowest BCUT2D eigenvalue weighted by atomic mass is 10.1. The lowest BCUT2D eigenvalue weighted by Crippen LogP contribution is -1.90. The molecule has 1 heterocycles. The van der Waals surface area contributed by atoms with Gasteiger partial charge in [0.25, 0.3) is 0 Å². The van der Waals surface area contributed by atoms with Crippen LogP contribution in [-0.2, 0) is 0 Å². The smallest absolute Gasteiger partial charge is 0.119 e. The van der Waals surface area contributed by atoms with Gasteiger partial charge < -0.3 is 4.74 Å². The Hall–Kier alpha value is -2.76. The third-order valence-electron chi connectivity index (χ3n) is 3.40. The van der Waals surface area contributed by atoms with Gasteiger partial charge in [-0.3, -0.25) is 0 Å². The summed E-state index contributed by atoms with van der Waals surface area (Å²) in [4.78, 5) is 4.40. The molecule has 0 fully saturated rings. The van der Waals surface area contributed by atoms with Gasteiger partial charge in [0.2, 0.25) is 0 Å². The van der Waals surface area contributed by atoms with Crippen LogP contribution < -0.4 is 4.74 Å². The van der Waals surface area contributed by atoms with Crippen LogP contribution in [0.15, 0.2) is 66.9 Å². The molecule has 0 N–H and O–H groups in total. The van der Waals surface area contributed by atoms with Gasteiger partial charge in [-0.15, -0.1) is 0 Å². The van der Waals surface area contributed by atoms with Gasteiger partial charge in [-0.1, -0.05) is 35.7 Å². The zero-order valence-corrected chi connectivity index (χ0v) is 13.8. The molecule has 3 rings (SSSR count). The van der Waals surface area contributed by atoms with E-state index in [-0.39, 0.29) is 0 Å². The molecule has 3 aromatic rings. The van der Waals surface area contributed by atoms with Gasteiger partial charge in [-0.25, -0.2) is 4.98 Å². The summed E-state index contributed by atoms with van der Waals surface area (Å²) < 4.78 is 5.31. The predicted octanol–water partition coefficient (Wildman–Crippen LogP) is 5.01. The lowest BCUT2D eigenvalue weighted by Gasteiger charge is -2.01. The molecule has 0 atom stereocenters. The molecule has 2 aromatic carbocycles. The summed E-state index contributed by atoms with van der Waals surface area (Å²) in [6.45, 7) is 4.06. The zero-order valence-electron chi connectivity index (χ0n) is 13.0. The van der Waals surface area contributed by atoms with Crippen LogP contribution in [0.25, 0.3) is 11.1 Å². The van der Waals surface area contributed by atoms with Crippen molar-refractivity contribution in [2.75, 3.05) is 6.61 Å². The van der Waals surface area contributed by atoms with E-state index in [1.165, 1.54) is 0 Å². The Morgan fingerprint density at radius 2 is 1.58 bits per heavy atom. The highest BCUT2D eigenvalue weighted by Crippen LogP contribution is 2.20. The standard InChI is InChI=1S/C21H15ClNO/c1-2-24-21-13-4-16(5-14-21)3-11-20-12-8-18(15-23-20)17-6-9-19(22)10-7-17/h4-10,12-15H,1-2H2. The van der Waals surface area contributed by atoms with Gasteiger partial charge in [-0.05, 0) is 60.9 Å². The molecular weight excluding hydrogens is 318 g/mol. The van der Waals surface area contributed by atoms with Crippen LogP contribution in [0.3, 0.4) is 0 Å². The molecule has 0 spiro atoms. The van der Waals surface area contributed by atoms with Crippen LogP contribution in [0.5, 0.6) is 5.75 Å². The Morgan fingerprint density at radius 1 is 0.875 bits per heavy atom. The molecule has 3 heteroatoms. The van der Waals surface area contributed by atoms with Crippen LogP contribution in [0, 0.1) is 18.8 Å². The second kappa shape index (κ2) is 7.68. The highest BCUT2D eigenvalue weighted by Gasteiger charge is 1.98. The maximum Gasteiger partial charge on any atom is 0.119 e. The first-order valence-electron chi connectivity index (χ1n) is 7.51. The van der Waals surface area contributed by atoms with Crippen molar-refractivity contribution in [3.05, 3.63) is 90.1 Å². The second-order valence-electron chi connectivity index (χ2n) is 5.06. The molecule has 117 valence electrons. The molecule has 0 aliphatic heterocycles. The van der Waals surface area contributed by atoms with Crippen molar-refractivity contribution in [1.82, 2.24) is 4.98 Å². The summed E-state index contributed by atoms with van der Waals surface area (Å²) in [5, 5.41) is 0.723. The minimum absolute atomic E-state index is 0.412. The topological polar surface area (TPSA) is 22.1 Å². The van der Waals surface area contributed by atoms with Gasteiger partial charge in [0.15, 0.2) is 0 Å². The van der Waals surface area contributed by atoms with Gasteiger partial charge in [0, 0.05) is 22.3 Å². The Bertz CT molecular complexity index is 857. The number of aromatic nitrogens is 1. The van der Waals surface area contributed by atoms with E-state index in [0.29, 0.717) is 6.61 Å². The zero-order chi connectivity index (χ0) is 16.8. The van der Waals surface area contributed by atoms with E-state index in [0.717, 1.165) is 33.2 Å². The van der Waals surface area contributed by atoms with Crippen molar-refractivity contribution < 1.29 is 4.74 Å². The van der Waals surface area contributed by atoms with E-state index in [4.69, 9.17) is 16.3 Å². The number of halogens is 1. The summed E-state index contributed by atoms with van der Waals surface area (Å²) in [7, 11) is 0. The first-order chi connectivity index (χ1) is 11.7. The minimum Gasteiger partial charge on any atom is -0.494 e. The molecule has 0 aliphatic rings. The van der Waals surface area contributed by atoms with Crippen molar-refractivity contribution in [3.8, 4) is 28.7 Å². The summed E-state index contributed by atoms with van der Waals surface area (Å²) >= 11 is 5.91. The van der Waals surface area contributed by atoms with E-state index in [9.17, 15) is 0 Å². The van der Waals surface area contributed by atoms with Crippen LogP contribution in [0.2, 0.25) is 5.02 Å². The van der Waals surface area contributed by atoms with E-state index in [2.05, 4.69) is 23.7 Å². The number of hydrogen-bond donors (Lipinski definition) is 0. The molecule has 1 aromatic heterocycles. The quantitative estimate of drug-likeness (QED) is 0.629. The van der Waals surface area contributed by atoms with E-state index >= 15 is 0 Å². The SMILES string of the molecule is [CH2]COc1ccc(C#Cc2ccc(-c3ccc(Cl)cc3)cn2)cc1. The Kier molecular flexibility index (Phi) is 5.15. The van der Waals surface area contributed by atoms with Crippen LogP contribution in [-0.4, -0.2) is 11.6 Å². The molecule has 0 aliphatic carbocycles. The molecule has 2 nitrogen and oxygen atoms in total. The molecule has 0 unspecified atom stereocenters. The van der Waals surface area contributed by atoms with Crippen molar-refractivity contribution in [2.24, 2.45) is 0 Å². The average molecular weight is 333 g/mol.